The standard InChI is InChI=1S/C19H32N4O4/c1-5-20-19(21-8-9-23-10-12-27-13-11-23)22-14-15-6-7-16(24-2)18(26-4)17(15)25-3/h6-7H,5,8-14H2,1-4H3,(H2,20,21,22). The minimum Gasteiger partial charge on any atom is -0.493 e. The highest BCUT2D eigenvalue weighted by atomic mass is 16.5. The fraction of sp³-hybridized carbons (Fsp3) is 0.632. The van der Waals surface area contributed by atoms with E-state index >= 15 is 0 Å². The molecule has 1 saturated heterocycles. The number of hydrogen-bond acceptors (Lipinski definition) is 6. The van der Waals surface area contributed by atoms with Crippen molar-refractivity contribution >= 4 is 5.96 Å². The van der Waals surface area contributed by atoms with Gasteiger partial charge in [-0.15, -0.1) is 0 Å². The average Bonchev–Trinajstić information content (AvgIpc) is 2.71. The Morgan fingerprint density at radius 3 is 2.44 bits per heavy atom. The van der Waals surface area contributed by atoms with Crippen molar-refractivity contribution in [2.75, 3.05) is 67.3 Å². The van der Waals surface area contributed by atoms with Crippen LogP contribution in [0.3, 0.4) is 0 Å². The number of benzene rings is 1. The first-order valence-electron chi connectivity index (χ1n) is 9.33. The van der Waals surface area contributed by atoms with E-state index in [0.29, 0.717) is 23.8 Å². The molecule has 0 unspecified atom stereocenters. The molecule has 0 radical (unpaired) electrons. The fourth-order valence-corrected chi connectivity index (χ4v) is 2.95. The Balaban J connectivity index is 2.00. The second kappa shape index (κ2) is 11.5. The zero-order valence-electron chi connectivity index (χ0n) is 16.8. The molecule has 1 aliphatic heterocycles. The zero-order chi connectivity index (χ0) is 19.5. The molecule has 0 bridgehead atoms. The predicted molar refractivity (Wildman–Crippen MR) is 106 cm³/mol. The maximum atomic E-state index is 5.53. The van der Waals surface area contributed by atoms with Gasteiger partial charge in [0.25, 0.3) is 0 Å². The Morgan fingerprint density at radius 2 is 1.81 bits per heavy atom. The van der Waals surface area contributed by atoms with E-state index in [1.165, 1.54) is 0 Å². The first-order chi connectivity index (χ1) is 13.2. The summed E-state index contributed by atoms with van der Waals surface area (Å²) in [7, 11) is 4.83. The summed E-state index contributed by atoms with van der Waals surface area (Å²) in [5.74, 6) is 2.64. The molecule has 1 aromatic rings. The van der Waals surface area contributed by atoms with Crippen LogP contribution in [0.1, 0.15) is 12.5 Å². The van der Waals surface area contributed by atoms with Gasteiger partial charge >= 0.3 is 0 Å². The molecular weight excluding hydrogens is 348 g/mol. The van der Waals surface area contributed by atoms with Gasteiger partial charge in [0.15, 0.2) is 17.5 Å². The highest BCUT2D eigenvalue weighted by Gasteiger charge is 2.15. The van der Waals surface area contributed by atoms with Crippen molar-refractivity contribution in [3.05, 3.63) is 17.7 Å². The lowest BCUT2D eigenvalue weighted by molar-refractivity contribution is 0.0389. The molecule has 27 heavy (non-hydrogen) atoms. The van der Waals surface area contributed by atoms with E-state index in [1.54, 1.807) is 21.3 Å². The number of aliphatic imine (C=N–C) groups is 1. The lowest BCUT2D eigenvalue weighted by atomic mass is 10.1. The maximum Gasteiger partial charge on any atom is 0.203 e. The Labute approximate surface area is 161 Å². The van der Waals surface area contributed by atoms with Gasteiger partial charge in [0.1, 0.15) is 0 Å². The van der Waals surface area contributed by atoms with E-state index in [0.717, 1.165) is 57.5 Å². The van der Waals surface area contributed by atoms with Gasteiger partial charge in [-0.3, -0.25) is 4.90 Å². The van der Waals surface area contributed by atoms with E-state index in [4.69, 9.17) is 18.9 Å². The molecule has 1 aromatic carbocycles. The van der Waals surface area contributed by atoms with Crippen LogP contribution in [-0.4, -0.2) is 78.1 Å². The van der Waals surface area contributed by atoms with E-state index < -0.39 is 0 Å². The second-order valence-electron chi connectivity index (χ2n) is 6.07. The van der Waals surface area contributed by atoms with Gasteiger partial charge < -0.3 is 29.6 Å². The highest BCUT2D eigenvalue weighted by Crippen LogP contribution is 2.39. The van der Waals surface area contributed by atoms with Crippen molar-refractivity contribution in [3.63, 3.8) is 0 Å². The number of methoxy groups -OCH3 is 3. The van der Waals surface area contributed by atoms with Gasteiger partial charge in [0.05, 0.1) is 41.1 Å². The van der Waals surface area contributed by atoms with Crippen LogP contribution in [0.5, 0.6) is 17.2 Å². The third-order valence-electron chi connectivity index (χ3n) is 4.36. The van der Waals surface area contributed by atoms with Crippen molar-refractivity contribution in [3.8, 4) is 17.2 Å². The van der Waals surface area contributed by atoms with Crippen LogP contribution < -0.4 is 24.8 Å². The topological polar surface area (TPSA) is 76.6 Å². The monoisotopic (exact) mass is 380 g/mol. The Kier molecular flexibility index (Phi) is 9.00. The molecule has 0 saturated carbocycles. The van der Waals surface area contributed by atoms with Crippen molar-refractivity contribution in [2.45, 2.75) is 13.5 Å². The summed E-state index contributed by atoms with van der Waals surface area (Å²) in [4.78, 5) is 7.07. The number of nitrogens with zero attached hydrogens (tertiary/aromatic N) is 2. The number of morpholine rings is 1. The summed E-state index contributed by atoms with van der Waals surface area (Å²) in [6.45, 7) is 8.71. The minimum absolute atomic E-state index is 0.469. The lowest BCUT2D eigenvalue weighted by Crippen LogP contribution is -2.44. The summed E-state index contributed by atoms with van der Waals surface area (Å²) < 4.78 is 21.7. The molecule has 0 amide bonds. The molecule has 1 aliphatic rings. The first-order valence-corrected chi connectivity index (χ1v) is 9.33. The molecule has 0 atom stereocenters. The molecule has 1 heterocycles. The van der Waals surface area contributed by atoms with Gasteiger partial charge in [-0.2, -0.15) is 0 Å². The number of hydrogen-bond donors (Lipinski definition) is 2. The van der Waals surface area contributed by atoms with Crippen molar-refractivity contribution < 1.29 is 18.9 Å². The molecular formula is C19H32N4O4. The molecule has 0 aromatic heterocycles. The second-order valence-corrected chi connectivity index (χ2v) is 6.07. The van der Waals surface area contributed by atoms with Gasteiger partial charge in [-0.1, -0.05) is 0 Å². The first kappa shape index (κ1) is 21.1. The molecule has 0 spiro atoms. The van der Waals surface area contributed by atoms with Crippen LogP contribution in [-0.2, 0) is 11.3 Å². The van der Waals surface area contributed by atoms with Crippen LogP contribution >= 0.6 is 0 Å². The lowest BCUT2D eigenvalue weighted by Gasteiger charge is -2.26. The van der Waals surface area contributed by atoms with Crippen LogP contribution in [0.2, 0.25) is 0 Å². The molecule has 2 N–H and O–H groups in total. The number of ether oxygens (including phenoxy) is 4. The van der Waals surface area contributed by atoms with E-state index in [1.807, 2.05) is 12.1 Å². The predicted octanol–water partition coefficient (Wildman–Crippen LogP) is 1.10. The van der Waals surface area contributed by atoms with Crippen LogP contribution in [0, 0.1) is 0 Å². The smallest absolute Gasteiger partial charge is 0.203 e. The summed E-state index contributed by atoms with van der Waals surface area (Å²) >= 11 is 0. The average molecular weight is 380 g/mol. The Bertz CT molecular complexity index is 604. The molecule has 8 nitrogen and oxygen atoms in total. The highest BCUT2D eigenvalue weighted by molar-refractivity contribution is 5.79. The number of nitrogens with one attached hydrogen (secondary N) is 2. The number of guanidine groups is 1. The SMILES string of the molecule is CCNC(=NCc1ccc(OC)c(OC)c1OC)NCCN1CCOCC1. The maximum absolute atomic E-state index is 5.53. The van der Waals surface area contributed by atoms with Gasteiger partial charge in [0, 0.05) is 38.3 Å². The molecule has 0 aliphatic carbocycles. The van der Waals surface area contributed by atoms with Crippen LogP contribution in [0.15, 0.2) is 17.1 Å². The van der Waals surface area contributed by atoms with Gasteiger partial charge in [0.2, 0.25) is 5.75 Å². The summed E-state index contributed by atoms with van der Waals surface area (Å²) in [5, 5.41) is 6.66. The fourth-order valence-electron chi connectivity index (χ4n) is 2.95. The third-order valence-corrected chi connectivity index (χ3v) is 4.36. The minimum atomic E-state index is 0.469. The van der Waals surface area contributed by atoms with E-state index in [9.17, 15) is 0 Å². The van der Waals surface area contributed by atoms with Crippen molar-refractivity contribution in [2.24, 2.45) is 4.99 Å². The molecule has 8 heteroatoms. The van der Waals surface area contributed by atoms with E-state index in [-0.39, 0.29) is 0 Å². The molecule has 1 fully saturated rings. The van der Waals surface area contributed by atoms with Crippen LogP contribution in [0.25, 0.3) is 0 Å². The third kappa shape index (κ3) is 6.18. The molecule has 2 rings (SSSR count). The summed E-state index contributed by atoms with van der Waals surface area (Å²) in [5.41, 5.74) is 0.931. The van der Waals surface area contributed by atoms with E-state index in [2.05, 4.69) is 27.4 Å². The normalized spacial score (nSPS) is 15.3. The van der Waals surface area contributed by atoms with Gasteiger partial charge in [-0.25, -0.2) is 4.99 Å². The quantitative estimate of drug-likeness (QED) is 0.491. The molecule has 152 valence electrons. The Morgan fingerprint density at radius 1 is 1.07 bits per heavy atom. The summed E-state index contributed by atoms with van der Waals surface area (Å²) in [6, 6.07) is 3.81. The van der Waals surface area contributed by atoms with Crippen molar-refractivity contribution in [1.29, 1.82) is 0 Å². The summed E-state index contributed by atoms with van der Waals surface area (Å²) in [6.07, 6.45) is 0. The van der Waals surface area contributed by atoms with Gasteiger partial charge in [-0.05, 0) is 19.1 Å². The Hall–Kier alpha value is -2.19. The van der Waals surface area contributed by atoms with Crippen molar-refractivity contribution in [1.82, 2.24) is 15.5 Å². The zero-order valence-corrected chi connectivity index (χ0v) is 16.8. The number of rotatable bonds is 9. The van der Waals surface area contributed by atoms with Crippen LogP contribution in [0.4, 0.5) is 0 Å². The largest absolute Gasteiger partial charge is 0.493 e.